The minimum Gasteiger partial charge on any atom is -0.469 e. The second-order valence-corrected chi connectivity index (χ2v) is 7.01. The van der Waals surface area contributed by atoms with E-state index < -0.39 is 6.04 Å². The number of aromatic nitrogens is 2. The number of aryl methyl sites for hydroxylation is 1. The molecule has 0 radical (unpaired) electrons. The molecule has 6 nitrogen and oxygen atoms in total. The lowest BCUT2D eigenvalue weighted by atomic mass is 9.95. The molecule has 132 valence electrons. The molecule has 1 aliphatic rings. The van der Waals surface area contributed by atoms with Crippen LogP contribution in [0.2, 0.25) is 0 Å². The average molecular weight is 406 g/mol. The van der Waals surface area contributed by atoms with Crippen molar-refractivity contribution in [2.24, 2.45) is 0 Å². The molecule has 1 atom stereocenters. The number of nitrogens with zero attached hydrogens (tertiary/aromatic N) is 1. The topological polar surface area (TPSA) is 84.1 Å². The Hall–Kier alpha value is -2.15. The number of carbonyl (C=O) groups is 2. The maximum atomic E-state index is 12.7. The smallest absolute Gasteiger partial charge is 0.307 e. The molecule has 7 heteroatoms. The third-order valence-electron chi connectivity index (χ3n) is 4.45. The SMILES string of the molecule is COC(=O)CC(NC(=O)c1n[nH]c2c1CCCC2)c1ccc(Br)cc1. The van der Waals surface area contributed by atoms with Gasteiger partial charge in [0.1, 0.15) is 0 Å². The van der Waals surface area contributed by atoms with Gasteiger partial charge in [0, 0.05) is 15.7 Å². The molecule has 1 aromatic heterocycles. The summed E-state index contributed by atoms with van der Waals surface area (Å²) in [6.07, 6.45) is 4.02. The van der Waals surface area contributed by atoms with Gasteiger partial charge in [0.15, 0.2) is 5.69 Å². The molecule has 0 bridgehead atoms. The number of ether oxygens (including phenoxy) is 1. The van der Waals surface area contributed by atoms with Crippen molar-refractivity contribution in [3.05, 3.63) is 51.3 Å². The summed E-state index contributed by atoms with van der Waals surface area (Å²) < 4.78 is 5.70. The van der Waals surface area contributed by atoms with Crippen molar-refractivity contribution in [3.8, 4) is 0 Å². The van der Waals surface area contributed by atoms with Gasteiger partial charge in [-0.3, -0.25) is 14.7 Å². The number of rotatable bonds is 5. The molecule has 25 heavy (non-hydrogen) atoms. The Morgan fingerprint density at radius 2 is 2.00 bits per heavy atom. The number of benzene rings is 1. The summed E-state index contributed by atoms with van der Waals surface area (Å²) in [5.74, 6) is -0.645. The number of hydrogen-bond donors (Lipinski definition) is 2. The van der Waals surface area contributed by atoms with E-state index in [0.717, 1.165) is 47.0 Å². The Morgan fingerprint density at radius 1 is 1.28 bits per heavy atom. The molecule has 0 fully saturated rings. The molecule has 1 heterocycles. The zero-order valence-electron chi connectivity index (χ0n) is 14.0. The number of halogens is 1. The molecule has 2 aromatic rings. The summed E-state index contributed by atoms with van der Waals surface area (Å²) >= 11 is 3.39. The van der Waals surface area contributed by atoms with Crippen LogP contribution in [-0.2, 0) is 22.4 Å². The molecule has 2 N–H and O–H groups in total. The average Bonchev–Trinajstić information content (AvgIpc) is 3.06. The minimum absolute atomic E-state index is 0.0660. The Balaban J connectivity index is 1.81. The van der Waals surface area contributed by atoms with E-state index in [0.29, 0.717) is 5.69 Å². The summed E-state index contributed by atoms with van der Waals surface area (Å²) in [4.78, 5) is 24.5. The first kappa shape index (κ1) is 17.7. The number of amides is 1. The largest absolute Gasteiger partial charge is 0.469 e. The third-order valence-corrected chi connectivity index (χ3v) is 4.98. The van der Waals surface area contributed by atoms with E-state index in [-0.39, 0.29) is 18.3 Å². The monoisotopic (exact) mass is 405 g/mol. The van der Waals surface area contributed by atoms with E-state index in [1.54, 1.807) is 0 Å². The van der Waals surface area contributed by atoms with Crippen molar-refractivity contribution >= 4 is 27.8 Å². The first-order valence-electron chi connectivity index (χ1n) is 8.27. The minimum atomic E-state index is -0.469. The highest BCUT2D eigenvalue weighted by Crippen LogP contribution is 2.24. The lowest BCUT2D eigenvalue weighted by molar-refractivity contribution is -0.141. The van der Waals surface area contributed by atoms with Gasteiger partial charge in [-0.05, 0) is 43.4 Å². The number of aromatic amines is 1. The van der Waals surface area contributed by atoms with Crippen LogP contribution < -0.4 is 5.32 Å². The van der Waals surface area contributed by atoms with Gasteiger partial charge in [0.25, 0.3) is 5.91 Å². The van der Waals surface area contributed by atoms with E-state index in [9.17, 15) is 9.59 Å². The highest BCUT2D eigenvalue weighted by Gasteiger charge is 2.25. The van der Waals surface area contributed by atoms with Gasteiger partial charge in [0.05, 0.1) is 19.6 Å². The van der Waals surface area contributed by atoms with Crippen LogP contribution in [0.3, 0.4) is 0 Å². The van der Waals surface area contributed by atoms with Gasteiger partial charge in [-0.2, -0.15) is 5.10 Å². The maximum Gasteiger partial charge on any atom is 0.307 e. The highest BCUT2D eigenvalue weighted by molar-refractivity contribution is 9.10. The normalized spacial score (nSPS) is 14.5. The van der Waals surface area contributed by atoms with E-state index >= 15 is 0 Å². The van der Waals surface area contributed by atoms with Crippen LogP contribution in [0.25, 0.3) is 0 Å². The summed E-state index contributed by atoms with van der Waals surface area (Å²) in [7, 11) is 1.34. The number of esters is 1. The Labute approximate surface area is 154 Å². The number of methoxy groups -OCH3 is 1. The van der Waals surface area contributed by atoms with E-state index in [2.05, 4.69) is 31.4 Å². The third kappa shape index (κ3) is 4.10. The number of nitrogens with one attached hydrogen (secondary N) is 2. The summed E-state index contributed by atoms with van der Waals surface area (Å²) in [6, 6.07) is 7.03. The van der Waals surface area contributed by atoms with Crippen molar-refractivity contribution < 1.29 is 14.3 Å². The fraction of sp³-hybridized carbons (Fsp3) is 0.389. The second kappa shape index (κ2) is 7.82. The van der Waals surface area contributed by atoms with Crippen molar-refractivity contribution in [3.63, 3.8) is 0 Å². The molecule has 1 aromatic carbocycles. The number of H-pyrrole nitrogens is 1. The molecule has 0 saturated heterocycles. The van der Waals surface area contributed by atoms with E-state index in [1.165, 1.54) is 7.11 Å². The first-order valence-corrected chi connectivity index (χ1v) is 9.07. The highest BCUT2D eigenvalue weighted by atomic mass is 79.9. The first-order chi connectivity index (χ1) is 12.1. The van der Waals surface area contributed by atoms with Crippen molar-refractivity contribution in [2.45, 2.75) is 38.1 Å². The fourth-order valence-electron chi connectivity index (χ4n) is 3.09. The van der Waals surface area contributed by atoms with Crippen LogP contribution in [0, 0.1) is 0 Å². The van der Waals surface area contributed by atoms with Crippen LogP contribution in [0.1, 0.15) is 52.6 Å². The predicted molar refractivity (Wildman–Crippen MR) is 96.2 cm³/mol. The van der Waals surface area contributed by atoms with Gasteiger partial charge in [-0.1, -0.05) is 28.1 Å². The van der Waals surface area contributed by atoms with Crippen LogP contribution in [0.4, 0.5) is 0 Å². The Morgan fingerprint density at radius 3 is 2.72 bits per heavy atom. The molecule has 0 spiro atoms. The van der Waals surface area contributed by atoms with Crippen molar-refractivity contribution in [1.29, 1.82) is 0 Å². The van der Waals surface area contributed by atoms with Gasteiger partial charge < -0.3 is 10.1 Å². The number of hydrogen-bond acceptors (Lipinski definition) is 4. The molecular weight excluding hydrogens is 386 g/mol. The molecule has 1 unspecified atom stereocenters. The molecule has 1 amide bonds. The fourth-order valence-corrected chi connectivity index (χ4v) is 3.36. The van der Waals surface area contributed by atoms with Gasteiger partial charge in [-0.15, -0.1) is 0 Å². The summed E-state index contributed by atoms with van der Waals surface area (Å²) in [5, 5.41) is 10.1. The van der Waals surface area contributed by atoms with Gasteiger partial charge in [-0.25, -0.2) is 0 Å². The van der Waals surface area contributed by atoms with Crippen LogP contribution in [0.5, 0.6) is 0 Å². The maximum absolute atomic E-state index is 12.7. The molecule has 3 rings (SSSR count). The summed E-state index contributed by atoms with van der Waals surface area (Å²) in [6.45, 7) is 0. The van der Waals surface area contributed by atoms with Crippen LogP contribution >= 0.6 is 15.9 Å². The Kier molecular flexibility index (Phi) is 5.53. The van der Waals surface area contributed by atoms with E-state index in [1.807, 2.05) is 24.3 Å². The lowest BCUT2D eigenvalue weighted by Crippen LogP contribution is -2.31. The molecule has 0 saturated carbocycles. The number of fused-ring (bicyclic) bond motifs is 1. The van der Waals surface area contributed by atoms with Crippen LogP contribution in [-0.4, -0.2) is 29.2 Å². The quantitative estimate of drug-likeness (QED) is 0.748. The predicted octanol–water partition coefficient (Wildman–Crippen LogP) is 3.09. The van der Waals surface area contributed by atoms with Crippen LogP contribution in [0.15, 0.2) is 28.7 Å². The van der Waals surface area contributed by atoms with Crippen molar-refractivity contribution in [2.75, 3.05) is 7.11 Å². The zero-order valence-corrected chi connectivity index (χ0v) is 15.6. The number of carbonyl (C=O) groups excluding carboxylic acids is 2. The molecular formula is C18H20BrN3O3. The van der Waals surface area contributed by atoms with Crippen molar-refractivity contribution in [1.82, 2.24) is 15.5 Å². The van der Waals surface area contributed by atoms with Gasteiger partial charge in [0.2, 0.25) is 0 Å². The molecule has 0 aliphatic heterocycles. The Bertz CT molecular complexity index is 770. The second-order valence-electron chi connectivity index (χ2n) is 6.09. The zero-order chi connectivity index (χ0) is 17.8. The molecule has 1 aliphatic carbocycles. The lowest BCUT2D eigenvalue weighted by Gasteiger charge is -2.18. The van der Waals surface area contributed by atoms with E-state index in [4.69, 9.17) is 4.74 Å². The standard InChI is InChI=1S/C18H20BrN3O3/c1-25-16(23)10-15(11-6-8-12(19)9-7-11)20-18(24)17-13-4-2-3-5-14(13)21-22-17/h6-9,15H,2-5,10H2,1H3,(H,20,24)(H,21,22). The summed E-state index contributed by atoms with van der Waals surface area (Å²) in [5.41, 5.74) is 3.31. The van der Waals surface area contributed by atoms with Gasteiger partial charge >= 0.3 is 5.97 Å².